The highest BCUT2D eigenvalue weighted by Crippen LogP contribution is 2.16. The molecule has 4 nitrogen and oxygen atoms in total. The summed E-state index contributed by atoms with van der Waals surface area (Å²) in [6.07, 6.45) is 1.49. The topological polar surface area (TPSA) is 54.6 Å². The van der Waals surface area contributed by atoms with Gasteiger partial charge in [0.2, 0.25) is 0 Å². The van der Waals surface area contributed by atoms with Crippen LogP contribution in [0.25, 0.3) is 5.52 Å². The van der Waals surface area contributed by atoms with E-state index in [1.807, 2.05) is 0 Å². The van der Waals surface area contributed by atoms with Gasteiger partial charge in [0, 0.05) is 5.69 Å². The molecule has 2 heterocycles. The zero-order valence-electron chi connectivity index (χ0n) is 7.14. The highest BCUT2D eigenvalue weighted by Gasteiger charge is 2.07. The molecule has 0 atom stereocenters. The summed E-state index contributed by atoms with van der Waals surface area (Å²) in [6.45, 7) is 0. The van der Waals surface area contributed by atoms with E-state index < -0.39 is 5.97 Å². The molecule has 0 saturated heterocycles. The number of imidazole rings is 1. The van der Waals surface area contributed by atoms with E-state index in [1.54, 1.807) is 22.6 Å². The van der Waals surface area contributed by atoms with Gasteiger partial charge in [0.15, 0.2) is 5.15 Å². The fourth-order valence-electron chi connectivity index (χ4n) is 1.34. The van der Waals surface area contributed by atoms with Gasteiger partial charge in [-0.15, -0.1) is 0 Å². The summed E-state index contributed by atoms with van der Waals surface area (Å²) < 4.78 is 1.68. The number of fused-ring (bicyclic) bond motifs is 1. The summed E-state index contributed by atoms with van der Waals surface area (Å²) in [6, 6.07) is 5.29. The molecule has 2 rings (SSSR count). The Kier molecular flexibility index (Phi) is 2.13. The van der Waals surface area contributed by atoms with Crippen molar-refractivity contribution in [1.82, 2.24) is 9.38 Å². The zero-order valence-corrected chi connectivity index (χ0v) is 7.90. The minimum Gasteiger partial charge on any atom is -0.481 e. The number of aromatic nitrogens is 2. The SMILES string of the molecule is O=C(O)Cc1cccc2c(Cl)ncn12. The second kappa shape index (κ2) is 3.31. The van der Waals surface area contributed by atoms with E-state index in [-0.39, 0.29) is 6.42 Å². The van der Waals surface area contributed by atoms with Crippen molar-refractivity contribution in [3.8, 4) is 0 Å². The highest BCUT2D eigenvalue weighted by molar-refractivity contribution is 6.32. The van der Waals surface area contributed by atoms with Crippen molar-refractivity contribution in [3.05, 3.63) is 35.4 Å². The molecule has 5 heteroatoms. The third-order valence-electron chi connectivity index (χ3n) is 1.94. The summed E-state index contributed by atoms with van der Waals surface area (Å²) in [5.41, 5.74) is 1.39. The predicted octanol–water partition coefficient (Wildman–Crippen LogP) is 1.61. The van der Waals surface area contributed by atoms with Gasteiger partial charge in [-0.1, -0.05) is 17.7 Å². The lowest BCUT2D eigenvalue weighted by molar-refractivity contribution is -0.136. The number of halogens is 1. The van der Waals surface area contributed by atoms with Crippen molar-refractivity contribution in [2.45, 2.75) is 6.42 Å². The zero-order chi connectivity index (χ0) is 10.1. The first-order chi connectivity index (χ1) is 6.68. The fraction of sp³-hybridized carbons (Fsp3) is 0.111. The van der Waals surface area contributed by atoms with Crippen LogP contribution in [0.2, 0.25) is 5.15 Å². The molecule has 0 spiro atoms. The number of rotatable bonds is 2. The Morgan fingerprint density at radius 3 is 3.07 bits per heavy atom. The molecular formula is C9H7ClN2O2. The summed E-state index contributed by atoms with van der Waals surface area (Å²) in [7, 11) is 0. The van der Waals surface area contributed by atoms with Crippen LogP contribution in [0.3, 0.4) is 0 Å². The van der Waals surface area contributed by atoms with Gasteiger partial charge in [-0.3, -0.25) is 4.79 Å². The molecule has 2 aromatic heterocycles. The van der Waals surface area contributed by atoms with Crippen LogP contribution in [0.4, 0.5) is 0 Å². The molecule has 0 saturated carbocycles. The van der Waals surface area contributed by atoms with Crippen LogP contribution < -0.4 is 0 Å². The number of hydrogen-bond acceptors (Lipinski definition) is 2. The van der Waals surface area contributed by atoms with Gasteiger partial charge in [0.1, 0.15) is 6.33 Å². The van der Waals surface area contributed by atoms with Crippen LogP contribution in [0.1, 0.15) is 5.69 Å². The van der Waals surface area contributed by atoms with Crippen molar-refractivity contribution in [1.29, 1.82) is 0 Å². The number of hydrogen-bond donors (Lipinski definition) is 1. The van der Waals surface area contributed by atoms with E-state index in [1.165, 1.54) is 6.33 Å². The molecule has 0 bridgehead atoms. The van der Waals surface area contributed by atoms with Gasteiger partial charge in [0.25, 0.3) is 0 Å². The Morgan fingerprint density at radius 1 is 1.57 bits per heavy atom. The van der Waals surface area contributed by atoms with Crippen LogP contribution in [-0.2, 0) is 11.2 Å². The van der Waals surface area contributed by atoms with Crippen LogP contribution in [0, 0.1) is 0 Å². The average Bonchev–Trinajstić information content (AvgIpc) is 2.49. The van der Waals surface area contributed by atoms with E-state index in [4.69, 9.17) is 16.7 Å². The van der Waals surface area contributed by atoms with E-state index >= 15 is 0 Å². The first-order valence-electron chi connectivity index (χ1n) is 4.01. The summed E-state index contributed by atoms with van der Waals surface area (Å²) in [5, 5.41) is 9.05. The molecule has 0 aromatic carbocycles. The number of pyridine rings is 1. The number of carboxylic acids is 1. The molecule has 0 radical (unpaired) electrons. The molecule has 0 aliphatic carbocycles. The Bertz CT molecular complexity index is 493. The standard InChI is InChI=1S/C9H7ClN2O2/c10-9-7-3-1-2-6(4-8(13)14)12(7)5-11-9/h1-3,5H,4H2,(H,13,14). The molecule has 0 aliphatic heterocycles. The number of aliphatic carboxylic acids is 1. The molecular weight excluding hydrogens is 204 g/mol. The number of carbonyl (C=O) groups is 1. The molecule has 72 valence electrons. The Labute approximate surface area is 84.8 Å². The highest BCUT2D eigenvalue weighted by atomic mass is 35.5. The maximum absolute atomic E-state index is 10.6. The smallest absolute Gasteiger partial charge is 0.309 e. The maximum atomic E-state index is 10.6. The van der Waals surface area contributed by atoms with Crippen LogP contribution in [0.15, 0.2) is 24.5 Å². The van der Waals surface area contributed by atoms with Crippen molar-refractivity contribution in [3.63, 3.8) is 0 Å². The normalized spacial score (nSPS) is 10.6. The van der Waals surface area contributed by atoms with Gasteiger partial charge in [-0.05, 0) is 12.1 Å². The second-order valence-corrected chi connectivity index (χ2v) is 3.24. The van der Waals surface area contributed by atoms with Gasteiger partial charge in [-0.2, -0.15) is 0 Å². The fourth-order valence-corrected chi connectivity index (χ4v) is 1.54. The van der Waals surface area contributed by atoms with Gasteiger partial charge in [-0.25, -0.2) is 4.98 Å². The quantitative estimate of drug-likeness (QED) is 0.820. The molecule has 0 unspecified atom stereocenters. The van der Waals surface area contributed by atoms with Crippen molar-refractivity contribution in [2.24, 2.45) is 0 Å². The minimum absolute atomic E-state index is 0.0377. The Balaban J connectivity index is 2.59. The maximum Gasteiger partial charge on any atom is 0.309 e. The second-order valence-electron chi connectivity index (χ2n) is 2.88. The predicted molar refractivity (Wildman–Crippen MR) is 51.5 cm³/mol. The molecule has 0 fully saturated rings. The third kappa shape index (κ3) is 1.44. The first kappa shape index (κ1) is 9.02. The van der Waals surface area contributed by atoms with Crippen LogP contribution in [0.5, 0.6) is 0 Å². The van der Waals surface area contributed by atoms with E-state index in [2.05, 4.69) is 4.98 Å². The molecule has 0 aliphatic rings. The van der Waals surface area contributed by atoms with Gasteiger partial charge < -0.3 is 9.51 Å². The summed E-state index contributed by atoms with van der Waals surface area (Å²) in [4.78, 5) is 14.5. The van der Waals surface area contributed by atoms with Crippen LogP contribution >= 0.6 is 11.6 Å². The summed E-state index contributed by atoms with van der Waals surface area (Å²) in [5.74, 6) is -0.873. The monoisotopic (exact) mass is 210 g/mol. The Morgan fingerprint density at radius 2 is 2.36 bits per heavy atom. The minimum atomic E-state index is -0.873. The lowest BCUT2D eigenvalue weighted by Crippen LogP contribution is -2.04. The molecule has 1 N–H and O–H groups in total. The molecule has 14 heavy (non-hydrogen) atoms. The van der Waals surface area contributed by atoms with Gasteiger partial charge in [0.05, 0.1) is 11.9 Å². The summed E-state index contributed by atoms with van der Waals surface area (Å²) >= 11 is 5.80. The number of nitrogens with zero attached hydrogens (tertiary/aromatic N) is 2. The molecule has 2 aromatic rings. The van der Waals surface area contributed by atoms with Crippen molar-refractivity contribution >= 4 is 23.1 Å². The average molecular weight is 211 g/mol. The van der Waals surface area contributed by atoms with Crippen LogP contribution in [-0.4, -0.2) is 20.5 Å². The largest absolute Gasteiger partial charge is 0.481 e. The van der Waals surface area contributed by atoms with E-state index in [9.17, 15) is 4.79 Å². The molecule has 0 amide bonds. The Hall–Kier alpha value is -1.55. The number of carboxylic acid groups (broad SMARTS) is 1. The van der Waals surface area contributed by atoms with E-state index in [0.29, 0.717) is 10.8 Å². The third-order valence-corrected chi connectivity index (χ3v) is 2.23. The lowest BCUT2D eigenvalue weighted by Gasteiger charge is -2.01. The van der Waals surface area contributed by atoms with Gasteiger partial charge >= 0.3 is 5.97 Å². The van der Waals surface area contributed by atoms with Crippen molar-refractivity contribution < 1.29 is 9.90 Å². The first-order valence-corrected chi connectivity index (χ1v) is 4.38. The van der Waals surface area contributed by atoms with E-state index in [0.717, 1.165) is 5.52 Å². The van der Waals surface area contributed by atoms with Crippen molar-refractivity contribution in [2.75, 3.05) is 0 Å². The lowest BCUT2D eigenvalue weighted by atomic mass is 10.2.